The molecule has 0 unspecified atom stereocenters. The Balaban J connectivity index is 1.48. The maximum atomic E-state index is 12.7. The number of fused-ring (bicyclic) bond motifs is 1. The maximum Gasteiger partial charge on any atom is 0.255 e. The van der Waals surface area contributed by atoms with Gasteiger partial charge in [0.15, 0.2) is 0 Å². The van der Waals surface area contributed by atoms with Gasteiger partial charge in [0.05, 0.1) is 26.0 Å². The van der Waals surface area contributed by atoms with Crippen LogP contribution in [0.2, 0.25) is 0 Å². The molecule has 0 aliphatic carbocycles. The van der Waals surface area contributed by atoms with Crippen LogP contribution in [0.15, 0.2) is 23.0 Å². The van der Waals surface area contributed by atoms with Crippen LogP contribution < -0.4 is 15.2 Å². The summed E-state index contributed by atoms with van der Waals surface area (Å²) in [5, 5.41) is 0. The molecule has 150 valence electrons. The van der Waals surface area contributed by atoms with E-state index in [1.165, 1.54) is 5.56 Å². The standard InChI is InChI=1S/C21H28N4O3/c1-15-13-16(3-4-19(15)27-2)14-24-7-5-17-18(6-8-24)22-21(23-20(17)26)25-9-11-28-12-10-25/h3-4,13H,5-12,14H2,1-2H3,(H,22,23,26). The maximum absolute atomic E-state index is 12.7. The SMILES string of the molecule is COc1ccc(CN2CCc3nc(N4CCOCC4)[nH]c(=O)c3CC2)cc1C. The highest BCUT2D eigenvalue weighted by Crippen LogP contribution is 2.21. The second kappa shape index (κ2) is 8.32. The van der Waals surface area contributed by atoms with Crippen molar-refractivity contribution in [2.75, 3.05) is 51.4 Å². The summed E-state index contributed by atoms with van der Waals surface area (Å²) in [6.07, 6.45) is 1.53. The topological polar surface area (TPSA) is 70.7 Å². The van der Waals surface area contributed by atoms with Crippen molar-refractivity contribution in [3.63, 3.8) is 0 Å². The molecule has 3 heterocycles. The molecule has 0 bridgehead atoms. The molecule has 2 aromatic rings. The van der Waals surface area contributed by atoms with E-state index in [0.29, 0.717) is 19.2 Å². The van der Waals surface area contributed by atoms with Gasteiger partial charge in [-0.05, 0) is 30.5 Å². The van der Waals surface area contributed by atoms with Crippen LogP contribution in [-0.4, -0.2) is 61.4 Å². The van der Waals surface area contributed by atoms with Crippen molar-refractivity contribution in [2.24, 2.45) is 0 Å². The lowest BCUT2D eigenvalue weighted by atomic mass is 10.1. The number of aryl methyl sites for hydroxylation is 1. The molecule has 4 rings (SSSR count). The Bertz CT molecular complexity index is 890. The van der Waals surface area contributed by atoms with Crippen molar-refractivity contribution in [1.29, 1.82) is 0 Å². The average molecular weight is 384 g/mol. The molecular weight excluding hydrogens is 356 g/mol. The minimum Gasteiger partial charge on any atom is -0.496 e. The molecule has 0 amide bonds. The number of methoxy groups -OCH3 is 1. The van der Waals surface area contributed by atoms with Crippen molar-refractivity contribution < 1.29 is 9.47 Å². The molecule has 1 aromatic heterocycles. The predicted molar refractivity (Wildman–Crippen MR) is 108 cm³/mol. The Morgan fingerprint density at radius 1 is 1.18 bits per heavy atom. The molecule has 1 saturated heterocycles. The number of nitrogens with one attached hydrogen (secondary N) is 1. The summed E-state index contributed by atoms with van der Waals surface area (Å²) in [6, 6.07) is 6.32. The van der Waals surface area contributed by atoms with Crippen molar-refractivity contribution in [3.8, 4) is 5.75 Å². The Morgan fingerprint density at radius 3 is 2.71 bits per heavy atom. The lowest BCUT2D eigenvalue weighted by Gasteiger charge is -2.27. The second-order valence-electron chi connectivity index (χ2n) is 7.49. The molecule has 0 radical (unpaired) electrons. The number of ether oxygens (including phenoxy) is 2. The van der Waals surface area contributed by atoms with Gasteiger partial charge in [0.25, 0.3) is 5.56 Å². The van der Waals surface area contributed by atoms with E-state index in [-0.39, 0.29) is 5.56 Å². The number of hydrogen-bond donors (Lipinski definition) is 1. The highest BCUT2D eigenvalue weighted by atomic mass is 16.5. The molecule has 0 saturated carbocycles. The zero-order valence-electron chi connectivity index (χ0n) is 16.7. The minimum absolute atomic E-state index is 0.00799. The molecule has 2 aliphatic rings. The molecule has 1 N–H and O–H groups in total. The summed E-state index contributed by atoms with van der Waals surface area (Å²) >= 11 is 0. The van der Waals surface area contributed by atoms with Gasteiger partial charge in [-0.2, -0.15) is 0 Å². The molecule has 2 aliphatic heterocycles. The first-order valence-corrected chi connectivity index (χ1v) is 9.94. The third-order valence-corrected chi connectivity index (χ3v) is 5.61. The van der Waals surface area contributed by atoms with Gasteiger partial charge in [-0.25, -0.2) is 4.98 Å². The Kier molecular flexibility index (Phi) is 5.64. The van der Waals surface area contributed by atoms with Crippen LogP contribution in [-0.2, 0) is 24.1 Å². The number of anilines is 1. The van der Waals surface area contributed by atoms with E-state index in [9.17, 15) is 4.79 Å². The van der Waals surface area contributed by atoms with Gasteiger partial charge in [0.2, 0.25) is 5.95 Å². The lowest BCUT2D eigenvalue weighted by molar-refractivity contribution is 0.122. The Hall–Kier alpha value is -2.38. The van der Waals surface area contributed by atoms with Crippen molar-refractivity contribution >= 4 is 5.95 Å². The molecule has 0 atom stereocenters. The molecule has 0 spiro atoms. The minimum atomic E-state index is 0.00799. The quantitative estimate of drug-likeness (QED) is 0.862. The highest BCUT2D eigenvalue weighted by Gasteiger charge is 2.21. The molecule has 7 nitrogen and oxygen atoms in total. The Labute approximate surface area is 165 Å². The molecule has 1 aromatic carbocycles. The fourth-order valence-corrected chi connectivity index (χ4v) is 4.02. The fourth-order valence-electron chi connectivity index (χ4n) is 4.02. The first-order chi connectivity index (χ1) is 13.6. The number of aromatic nitrogens is 2. The van der Waals surface area contributed by atoms with Crippen LogP contribution >= 0.6 is 0 Å². The normalized spacial score (nSPS) is 17.9. The summed E-state index contributed by atoms with van der Waals surface area (Å²) in [5.41, 5.74) is 4.20. The van der Waals surface area contributed by atoms with Crippen LogP contribution in [0.3, 0.4) is 0 Å². The molecular formula is C21H28N4O3. The highest BCUT2D eigenvalue weighted by molar-refractivity contribution is 5.37. The van der Waals surface area contributed by atoms with E-state index < -0.39 is 0 Å². The zero-order valence-corrected chi connectivity index (χ0v) is 16.7. The average Bonchev–Trinajstić information content (AvgIpc) is 2.92. The summed E-state index contributed by atoms with van der Waals surface area (Å²) < 4.78 is 10.8. The van der Waals surface area contributed by atoms with E-state index >= 15 is 0 Å². The van der Waals surface area contributed by atoms with Gasteiger partial charge in [-0.1, -0.05) is 12.1 Å². The van der Waals surface area contributed by atoms with Gasteiger partial charge in [0, 0.05) is 44.7 Å². The van der Waals surface area contributed by atoms with Gasteiger partial charge in [-0.15, -0.1) is 0 Å². The summed E-state index contributed by atoms with van der Waals surface area (Å²) in [7, 11) is 1.70. The zero-order chi connectivity index (χ0) is 19.5. The van der Waals surface area contributed by atoms with Crippen molar-refractivity contribution in [1.82, 2.24) is 14.9 Å². The van der Waals surface area contributed by atoms with E-state index in [1.807, 2.05) is 6.07 Å². The number of nitrogens with zero attached hydrogens (tertiary/aromatic N) is 3. The number of hydrogen-bond acceptors (Lipinski definition) is 6. The van der Waals surface area contributed by atoms with E-state index in [4.69, 9.17) is 14.5 Å². The predicted octanol–water partition coefficient (Wildman–Crippen LogP) is 1.52. The van der Waals surface area contributed by atoms with E-state index in [1.54, 1.807) is 7.11 Å². The molecule has 7 heteroatoms. The van der Waals surface area contributed by atoms with Gasteiger partial charge in [0.1, 0.15) is 5.75 Å². The smallest absolute Gasteiger partial charge is 0.255 e. The van der Waals surface area contributed by atoms with Crippen LogP contribution in [0.25, 0.3) is 0 Å². The van der Waals surface area contributed by atoms with Gasteiger partial charge >= 0.3 is 0 Å². The summed E-state index contributed by atoms with van der Waals surface area (Å²) in [4.78, 5) is 25.0. The first-order valence-electron chi connectivity index (χ1n) is 9.94. The third-order valence-electron chi connectivity index (χ3n) is 5.61. The van der Waals surface area contributed by atoms with Crippen LogP contribution in [0.5, 0.6) is 5.75 Å². The third kappa shape index (κ3) is 4.05. The van der Waals surface area contributed by atoms with Crippen molar-refractivity contribution in [2.45, 2.75) is 26.3 Å². The number of benzene rings is 1. The summed E-state index contributed by atoms with van der Waals surface area (Å²) in [5.74, 6) is 1.60. The van der Waals surface area contributed by atoms with Crippen LogP contribution in [0, 0.1) is 6.92 Å². The molecule has 28 heavy (non-hydrogen) atoms. The Morgan fingerprint density at radius 2 is 1.96 bits per heavy atom. The lowest BCUT2D eigenvalue weighted by Crippen LogP contribution is -2.38. The number of rotatable bonds is 4. The summed E-state index contributed by atoms with van der Waals surface area (Å²) in [6.45, 7) is 7.59. The monoisotopic (exact) mass is 384 g/mol. The van der Waals surface area contributed by atoms with Gasteiger partial charge < -0.3 is 14.4 Å². The molecule has 1 fully saturated rings. The largest absolute Gasteiger partial charge is 0.496 e. The fraction of sp³-hybridized carbons (Fsp3) is 0.524. The van der Waals surface area contributed by atoms with Crippen molar-refractivity contribution in [3.05, 3.63) is 50.9 Å². The van der Waals surface area contributed by atoms with E-state index in [2.05, 4.69) is 33.8 Å². The number of morpholine rings is 1. The van der Waals surface area contributed by atoms with E-state index in [0.717, 1.165) is 68.1 Å². The van der Waals surface area contributed by atoms with Gasteiger partial charge in [-0.3, -0.25) is 14.7 Å². The number of H-pyrrole nitrogens is 1. The van der Waals surface area contributed by atoms with Crippen LogP contribution in [0.4, 0.5) is 5.95 Å². The second-order valence-corrected chi connectivity index (χ2v) is 7.49. The van der Waals surface area contributed by atoms with Crippen LogP contribution in [0.1, 0.15) is 22.4 Å². The first kappa shape index (κ1) is 19.0. The number of aromatic amines is 1.